The average Bonchev–Trinajstić information content (AvgIpc) is 3.37. The smallest absolute Gasteiger partial charge is 0.0544 e. The molecule has 6 aromatic heterocycles. The Hall–Kier alpha value is -7.76. The van der Waals surface area contributed by atoms with Gasteiger partial charge in [0.2, 0.25) is 0 Å². The van der Waals surface area contributed by atoms with Crippen LogP contribution in [0.1, 0.15) is 50.9 Å². The van der Waals surface area contributed by atoms with Gasteiger partial charge >= 0.3 is 0 Å². The van der Waals surface area contributed by atoms with E-state index in [0.29, 0.717) is 39.3 Å². The molecule has 3 aromatic carbocycles. The molecule has 0 unspecified atom stereocenters. The number of pyridine rings is 6. The van der Waals surface area contributed by atoms with Gasteiger partial charge in [-0.25, -0.2) is 0 Å². The lowest BCUT2D eigenvalue weighted by Gasteiger charge is -2.27. The molecule has 9 aromatic rings. The minimum atomic E-state index is 0.715. The fourth-order valence-electron chi connectivity index (χ4n) is 8.30. The Morgan fingerprint density at radius 3 is 0.612 bits per heavy atom. The van der Waals surface area contributed by atoms with E-state index in [0.717, 1.165) is 70.9 Å². The summed E-state index contributed by atoms with van der Waals surface area (Å²) in [7, 11) is 0. The Morgan fingerprint density at radius 1 is 0.224 bits per heavy atom. The summed E-state index contributed by atoms with van der Waals surface area (Å²) in [5.74, 6) is 0. The van der Waals surface area contributed by atoms with E-state index in [4.69, 9.17) is 0 Å². The number of rotatable bonds is 21. The minimum Gasteiger partial charge on any atom is -0.311 e. The second-order valence-corrected chi connectivity index (χ2v) is 16.7. The van der Waals surface area contributed by atoms with Crippen LogP contribution in [0.25, 0.3) is 0 Å². The van der Waals surface area contributed by atoms with Gasteiger partial charge in [0.1, 0.15) is 0 Å². The second-order valence-electron chi connectivity index (χ2n) is 16.7. The highest BCUT2D eigenvalue weighted by atomic mass is 15.2. The van der Waals surface area contributed by atoms with Gasteiger partial charge in [0, 0.05) is 113 Å². The Balaban J connectivity index is 0.988. The molecule has 0 fully saturated rings. The SMILES string of the molecule is c1ccc(CN(Cc2ccc(N(c3ccc(CN(Cc4ccccn4)Cc4ccccn4)cc3)c3ccc(CN(Cc4ccccn4)Cc4ccccn4)cc3)cc2)Cc2ccccn2)nc1. The molecule has 6 heterocycles. The maximum Gasteiger partial charge on any atom is 0.0544 e. The van der Waals surface area contributed by atoms with Crippen LogP contribution >= 0.6 is 0 Å². The first kappa shape index (κ1) is 44.4. The van der Waals surface area contributed by atoms with E-state index >= 15 is 0 Å². The van der Waals surface area contributed by atoms with Crippen molar-refractivity contribution in [2.75, 3.05) is 4.90 Å². The third-order valence-electron chi connectivity index (χ3n) is 11.5. The van der Waals surface area contributed by atoms with Crippen molar-refractivity contribution >= 4 is 17.1 Å². The molecule has 0 aliphatic carbocycles. The van der Waals surface area contributed by atoms with E-state index in [2.05, 4.69) is 159 Å². The molecule has 0 atom stereocenters. The van der Waals surface area contributed by atoms with Gasteiger partial charge in [-0.2, -0.15) is 0 Å². The van der Waals surface area contributed by atoms with Crippen LogP contribution in [0.4, 0.5) is 17.1 Å². The molecule has 67 heavy (non-hydrogen) atoms. The van der Waals surface area contributed by atoms with Crippen molar-refractivity contribution in [1.82, 2.24) is 44.6 Å². The topological polar surface area (TPSA) is 90.3 Å². The summed E-state index contributed by atoms with van der Waals surface area (Å²) in [6, 6.07) is 63.4. The molecular weight excluding hydrogens is 825 g/mol. The summed E-state index contributed by atoms with van der Waals surface area (Å²) in [5, 5.41) is 0. The van der Waals surface area contributed by atoms with Crippen molar-refractivity contribution in [1.29, 1.82) is 0 Å². The quantitative estimate of drug-likeness (QED) is 0.0695. The lowest BCUT2D eigenvalue weighted by atomic mass is 10.1. The summed E-state index contributed by atoms with van der Waals surface area (Å²) >= 11 is 0. The van der Waals surface area contributed by atoms with Crippen LogP contribution in [0.5, 0.6) is 0 Å². The van der Waals surface area contributed by atoms with E-state index < -0.39 is 0 Å². The van der Waals surface area contributed by atoms with Gasteiger partial charge < -0.3 is 4.90 Å². The summed E-state index contributed by atoms with van der Waals surface area (Å²) in [6.07, 6.45) is 11.2. The molecule has 0 saturated carbocycles. The highest BCUT2D eigenvalue weighted by Crippen LogP contribution is 2.35. The van der Waals surface area contributed by atoms with Crippen molar-refractivity contribution in [2.45, 2.75) is 58.9 Å². The largest absolute Gasteiger partial charge is 0.311 e. The van der Waals surface area contributed by atoms with E-state index in [1.54, 1.807) is 0 Å². The zero-order valence-corrected chi connectivity index (χ0v) is 37.6. The van der Waals surface area contributed by atoms with Crippen LogP contribution in [-0.4, -0.2) is 44.6 Å². The third kappa shape index (κ3) is 13.2. The zero-order chi connectivity index (χ0) is 45.3. The number of hydrogen-bond donors (Lipinski definition) is 0. The van der Waals surface area contributed by atoms with E-state index in [1.807, 2.05) is 110 Å². The minimum absolute atomic E-state index is 0.715. The molecule has 0 saturated heterocycles. The van der Waals surface area contributed by atoms with Gasteiger partial charge in [0.25, 0.3) is 0 Å². The monoisotopic (exact) mass is 878 g/mol. The molecule has 0 aliphatic rings. The summed E-state index contributed by atoms with van der Waals surface area (Å²) in [6.45, 7) is 6.53. The zero-order valence-electron chi connectivity index (χ0n) is 37.6. The summed E-state index contributed by atoms with van der Waals surface area (Å²) in [4.78, 5) is 37.4. The van der Waals surface area contributed by atoms with Gasteiger partial charge in [0.15, 0.2) is 0 Å². The van der Waals surface area contributed by atoms with Crippen LogP contribution in [-0.2, 0) is 58.9 Å². The predicted octanol–water partition coefficient (Wildman–Crippen LogP) is 11.1. The Bertz CT molecular complexity index is 2360. The Kier molecular flexibility index (Phi) is 15.2. The molecular formula is C57H54N10. The lowest BCUT2D eigenvalue weighted by Crippen LogP contribution is -2.23. The average molecular weight is 879 g/mol. The van der Waals surface area contributed by atoms with Crippen molar-refractivity contribution in [3.8, 4) is 0 Å². The molecule has 0 aliphatic heterocycles. The molecule has 9 rings (SSSR count). The lowest BCUT2D eigenvalue weighted by molar-refractivity contribution is 0.241. The van der Waals surface area contributed by atoms with Gasteiger partial charge in [0.05, 0.1) is 34.2 Å². The molecule has 0 bridgehead atoms. The van der Waals surface area contributed by atoms with Gasteiger partial charge in [-0.15, -0.1) is 0 Å². The predicted molar refractivity (Wildman–Crippen MR) is 265 cm³/mol. The number of hydrogen-bond acceptors (Lipinski definition) is 10. The molecule has 0 radical (unpaired) electrons. The summed E-state index contributed by atoms with van der Waals surface area (Å²) in [5.41, 5.74) is 13.0. The molecule has 332 valence electrons. The van der Waals surface area contributed by atoms with Crippen molar-refractivity contribution < 1.29 is 0 Å². The molecule has 10 heteroatoms. The first-order valence-electron chi connectivity index (χ1n) is 22.8. The van der Waals surface area contributed by atoms with Gasteiger partial charge in [-0.3, -0.25) is 44.6 Å². The van der Waals surface area contributed by atoms with Gasteiger partial charge in [-0.1, -0.05) is 72.8 Å². The van der Waals surface area contributed by atoms with Gasteiger partial charge in [-0.05, 0) is 126 Å². The van der Waals surface area contributed by atoms with Crippen LogP contribution in [0.2, 0.25) is 0 Å². The van der Waals surface area contributed by atoms with E-state index in [9.17, 15) is 0 Å². The molecule has 0 amide bonds. The van der Waals surface area contributed by atoms with E-state index in [1.165, 1.54) is 16.7 Å². The molecule has 10 nitrogen and oxygen atoms in total. The first-order valence-corrected chi connectivity index (χ1v) is 22.8. The van der Waals surface area contributed by atoms with Crippen molar-refractivity contribution in [3.05, 3.63) is 270 Å². The van der Waals surface area contributed by atoms with Crippen LogP contribution in [0, 0.1) is 0 Å². The molecule has 0 N–H and O–H groups in total. The van der Waals surface area contributed by atoms with Crippen LogP contribution in [0.3, 0.4) is 0 Å². The number of aromatic nitrogens is 6. The maximum atomic E-state index is 4.64. The highest BCUT2D eigenvalue weighted by Gasteiger charge is 2.17. The fourth-order valence-corrected chi connectivity index (χ4v) is 8.30. The number of nitrogens with zero attached hydrogens (tertiary/aromatic N) is 10. The standard InChI is InChI=1S/C57H54N10/c1-7-31-58-49(13-1)40-64(41-50-14-2-8-32-59-50)37-46-19-25-55(26-20-46)67(56-27-21-47(22-28-56)38-65(42-51-15-3-9-33-60-51)43-52-16-4-10-34-61-52)57-29-23-48(24-30-57)39-66(44-53-17-5-11-35-62-53)45-54-18-6-12-36-63-54/h1-36H,37-45H2. The number of benzene rings is 3. The normalized spacial score (nSPS) is 11.3. The Labute approximate surface area is 394 Å². The van der Waals surface area contributed by atoms with Crippen LogP contribution in [0.15, 0.2) is 219 Å². The fraction of sp³-hybridized carbons (Fsp3) is 0.158. The van der Waals surface area contributed by atoms with Crippen molar-refractivity contribution in [3.63, 3.8) is 0 Å². The van der Waals surface area contributed by atoms with E-state index in [-0.39, 0.29) is 0 Å². The summed E-state index contributed by atoms with van der Waals surface area (Å²) < 4.78 is 0. The van der Waals surface area contributed by atoms with Crippen LogP contribution < -0.4 is 4.90 Å². The second kappa shape index (κ2) is 22.9. The third-order valence-corrected chi connectivity index (χ3v) is 11.5. The number of anilines is 3. The molecule has 0 spiro atoms. The maximum absolute atomic E-state index is 4.64. The first-order chi connectivity index (χ1) is 33.1. The van der Waals surface area contributed by atoms with Crippen molar-refractivity contribution in [2.24, 2.45) is 0 Å². The Morgan fingerprint density at radius 2 is 0.433 bits per heavy atom. The highest BCUT2D eigenvalue weighted by molar-refractivity contribution is 5.76.